The lowest BCUT2D eigenvalue weighted by Crippen LogP contribution is -2.44. The van der Waals surface area contributed by atoms with Crippen LogP contribution in [0.25, 0.3) is 11.4 Å². The Morgan fingerprint density at radius 2 is 1.91 bits per heavy atom. The van der Waals surface area contributed by atoms with Gasteiger partial charge in [0.15, 0.2) is 5.69 Å². The molecule has 2 aromatic heterocycles. The van der Waals surface area contributed by atoms with Crippen molar-refractivity contribution in [3.63, 3.8) is 0 Å². The summed E-state index contributed by atoms with van der Waals surface area (Å²) in [5, 5.41) is 12.1. The van der Waals surface area contributed by atoms with Crippen molar-refractivity contribution in [2.24, 2.45) is 7.05 Å². The van der Waals surface area contributed by atoms with Gasteiger partial charge in [-0.1, -0.05) is 49.2 Å². The monoisotopic (exact) mass is 469 g/mol. The van der Waals surface area contributed by atoms with Crippen molar-refractivity contribution >= 4 is 17.7 Å². The number of benzene rings is 1. The van der Waals surface area contributed by atoms with Gasteiger partial charge in [-0.25, -0.2) is 4.68 Å². The Morgan fingerprint density at radius 3 is 2.58 bits per heavy atom. The van der Waals surface area contributed by atoms with E-state index >= 15 is 0 Å². The van der Waals surface area contributed by atoms with Crippen molar-refractivity contribution in [3.05, 3.63) is 46.4 Å². The summed E-state index contributed by atoms with van der Waals surface area (Å²) in [6.07, 6.45) is 5.73. The van der Waals surface area contributed by atoms with Crippen molar-refractivity contribution in [2.75, 3.05) is 6.54 Å². The zero-order valence-electron chi connectivity index (χ0n) is 19.6. The lowest BCUT2D eigenvalue weighted by Gasteiger charge is -2.35. The summed E-state index contributed by atoms with van der Waals surface area (Å²) >= 11 is 1.29. The highest BCUT2D eigenvalue weighted by atomic mass is 32.2. The Labute approximate surface area is 197 Å². The van der Waals surface area contributed by atoms with Gasteiger partial charge in [-0.15, -0.1) is 5.10 Å². The molecule has 0 saturated heterocycles. The van der Waals surface area contributed by atoms with Crippen LogP contribution in [0, 0.1) is 6.92 Å². The summed E-state index contributed by atoms with van der Waals surface area (Å²) in [4.78, 5) is 28.7. The van der Waals surface area contributed by atoms with E-state index in [1.54, 1.807) is 9.36 Å². The number of nitrogens with zero attached hydrogens (tertiary/aromatic N) is 7. The van der Waals surface area contributed by atoms with Crippen molar-refractivity contribution in [1.82, 2.24) is 34.5 Å². The normalized spacial score (nSPS) is 15.5. The van der Waals surface area contributed by atoms with Gasteiger partial charge in [-0.2, -0.15) is 4.68 Å². The maximum atomic E-state index is 13.4. The third-order valence-electron chi connectivity index (χ3n) is 6.45. The molecule has 0 unspecified atom stereocenters. The largest absolute Gasteiger partial charge is 0.339 e. The van der Waals surface area contributed by atoms with Gasteiger partial charge < -0.3 is 4.90 Å². The molecular formula is C23H31N7O2S. The minimum Gasteiger partial charge on any atom is -0.339 e. The number of hydrogen-bond acceptors (Lipinski definition) is 6. The van der Waals surface area contributed by atoms with E-state index in [9.17, 15) is 9.59 Å². The topological polar surface area (TPSA) is 90.8 Å². The summed E-state index contributed by atoms with van der Waals surface area (Å²) in [6.45, 7) is 6.48. The molecule has 1 saturated carbocycles. The highest BCUT2D eigenvalue weighted by molar-refractivity contribution is 8.00. The highest BCUT2D eigenvalue weighted by Gasteiger charge is 2.30. The van der Waals surface area contributed by atoms with Crippen molar-refractivity contribution in [3.8, 4) is 11.4 Å². The Hall–Kier alpha value is -2.88. The van der Waals surface area contributed by atoms with Gasteiger partial charge >= 0.3 is 0 Å². The van der Waals surface area contributed by atoms with Gasteiger partial charge in [0.1, 0.15) is 0 Å². The first-order valence-corrected chi connectivity index (χ1v) is 12.4. The zero-order valence-corrected chi connectivity index (χ0v) is 20.5. The number of amides is 1. The van der Waals surface area contributed by atoms with Crippen molar-refractivity contribution in [1.29, 1.82) is 0 Å². The van der Waals surface area contributed by atoms with Crippen LogP contribution in [0.2, 0.25) is 0 Å². The molecule has 4 rings (SSSR count). The Morgan fingerprint density at radius 1 is 1.21 bits per heavy atom. The SMILES string of the molecule is CCN(C(=O)[C@H](C)Sc1nnnn1-c1c(C)n(C)n(-c2ccccc2)c1=O)C1CCCCC1. The number of hydrogen-bond donors (Lipinski definition) is 0. The molecule has 176 valence electrons. The van der Waals surface area contributed by atoms with E-state index in [4.69, 9.17) is 0 Å². The van der Waals surface area contributed by atoms with Crippen LogP contribution in [0.15, 0.2) is 40.3 Å². The third kappa shape index (κ3) is 4.48. The van der Waals surface area contributed by atoms with E-state index in [-0.39, 0.29) is 16.7 Å². The molecule has 0 N–H and O–H groups in total. The minimum atomic E-state index is -0.364. The van der Waals surface area contributed by atoms with Crippen LogP contribution in [0.4, 0.5) is 0 Å². The molecule has 33 heavy (non-hydrogen) atoms. The molecule has 3 aromatic rings. The summed E-state index contributed by atoms with van der Waals surface area (Å²) in [7, 11) is 1.83. The fourth-order valence-corrected chi connectivity index (χ4v) is 5.48. The average Bonchev–Trinajstić information content (AvgIpc) is 3.36. The molecule has 1 aliphatic rings. The number of thioether (sulfide) groups is 1. The van der Waals surface area contributed by atoms with Crippen LogP contribution in [-0.4, -0.2) is 58.2 Å². The molecule has 0 spiro atoms. The van der Waals surface area contributed by atoms with E-state index in [1.807, 2.05) is 63.1 Å². The highest BCUT2D eigenvalue weighted by Crippen LogP contribution is 2.28. The Bertz CT molecular complexity index is 1160. The second kappa shape index (κ2) is 9.94. The molecule has 1 fully saturated rings. The standard InChI is InChI=1S/C23H31N7O2S/c1-5-28(18-12-8-6-9-13-18)21(31)17(3)33-23-24-25-26-29(23)20-16(2)27(4)30(22(20)32)19-14-10-7-11-15-19/h7,10-11,14-15,17-18H,5-6,8-9,12-13H2,1-4H3/t17-/m0/s1. The number of carbonyl (C=O) groups is 1. The summed E-state index contributed by atoms with van der Waals surface area (Å²) < 4.78 is 4.85. The van der Waals surface area contributed by atoms with Gasteiger partial charge in [0, 0.05) is 19.6 Å². The predicted molar refractivity (Wildman–Crippen MR) is 128 cm³/mol. The van der Waals surface area contributed by atoms with E-state index < -0.39 is 0 Å². The van der Waals surface area contributed by atoms with Crippen molar-refractivity contribution < 1.29 is 4.79 Å². The molecule has 2 heterocycles. The first kappa shape index (κ1) is 23.3. The number of para-hydroxylation sites is 1. The quantitative estimate of drug-likeness (QED) is 0.494. The number of tetrazole rings is 1. The molecule has 1 amide bonds. The van der Waals surface area contributed by atoms with E-state index in [2.05, 4.69) is 15.5 Å². The van der Waals surface area contributed by atoms with Gasteiger partial charge in [-0.05, 0) is 56.2 Å². The third-order valence-corrected chi connectivity index (χ3v) is 7.47. The van der Waals surface area contributed by atoms with Crippen LogP contribution in [-0.2, 0) is 11.8 Å². The summed E-state index contributed by atoms with van der Waals surface area (Å²) in [5.74, 6) is 0.0930. The maximum Gasteiger partial charge on any atom is 0.297 e. The van der Waals surface area contributed by atoms with Gasteiger partial charge in [0.05, 0.1) is 16.6 Å². The van der Waals surface area contributed by atoms with Gasteiger partial charge in [0.25, 0.3) is 5.56 Å². The van der Waals surface area contributed by atoms with Crippen LogP contribution in [0.1, 0.15) is 51.6 Å². The molecule has 0 radical (unpaired) electrons. The van der Waals surface area contributed by atoms with Crippen LogP contribution in [0.3, 0.4) is 0 Å². The number of rotatable bonds is 7. The van der Waals surface area contributed by atoms with Crippen LogP contribution >= 0.6 is 11.8 Å². The van der Waals surface area contributed by atoms with Crippen LogP contribution in [0.5, 0.6) is 0 Å². The minimum absolute atomic E-state index is 0.0930. The van der Waals surface area contributed by atoms with E-state index in [1.165, 1.54) is 35.7 Å². The lowest BCUT2D eigenvalue weighted by molar-refractivity contribution is -0.133. The molecule has 9 nitrogen and oxygen atoms in total. The summed E-state index contributed by atoms with van der Waals surface area (Å²) in [6, 6.07) is 9.76. The fraction of sp³-hybridized carbons (Fsp3) is 0.522. The zero-order chi connectivity index (χ0) is 23.5. The lowest BCUT2D eigenvalue weighted by atomic mass is 9.94. The molecule has 1 atom stereocenters. The van der Waals surface area contributed by atoms with Crippen LogP contribution < -0.4 is 5.56 Å². The molecular weight excluding hydrogens is 438 g/mol. The van der Waals surface area contributed by atoms with E-state index in [0.717, 1.165) is 24.2 Å². The first-order valence-electron chi connectivity index (χ1n) is 11.5. The molecule has 10 heteroatoms. The average molecular weight is 470 g/mol. The number of aromatic nitrogens is 6. The Kier molecular flexibility index (Phi) is 7.02. The smallest absolute Gasteiger partial charge is 0.297 e. The fourth-order valence-electron chi connectivity index (χ4n) is 4.62. The Balaban J connectivity index is 1.61. The molecule has 0 aliphatic heterocycles. The number of carbonyl (C=O) groups excluding carboxylic acids is 1. The van der Waals surface area contributed by atoms with E-state index in [0.29, 0.717) is 23.4 Å². The maximum absolute atomic E-state index is 13.4. The molecule has 1 aromatic carbocycles. The van der Waals surface area contributed by atoms with Gasteiger partial charge in [-0.3, -0.25) is 14.3 Å². The predicted octanol–water partition coefficient (Wildman–Crippen LogP) is 3.12. The van der Waals surface area contributed by atoms with Crippen molar-refractivity contribution in [2.45, 2.75) is 69.3 Å². The summed E-state index contributed by atoms with van der Waals surface area (Å²) in [5.41, 5.74) is 1.66. The first-order chi connectivity index (χ1) is 15.9. The molecule has 1 aliphatic carbocycles. The second-order valence-corrected chi connectivity index (χ2v) is 9.77. The molecule has 0 bridgehead atoms. The second-order valence-electron chi connectivity index (χ2n) is 8.46. The van der Waals surface area contributed by atoms with Gasteiger partial charge in [0.2, 0.25) is 11.1 Å².